The molecule has 0 saturated heterocycles. The molecule has 2 aromatic carbocycles. The molecule has 1 aliphatic rings. The van der Waals surface area contributed by atoms with E-state index in [1.807, 2.05) is 63.1 Å². The third-order valence-electron chi connectivity index (χ3n) is 5.58. The van der Waals surface area contributed by atoms with Crippen molar-refractivity contribution in [2.75, 3.05) is 32.1 Å². The van der Waals surface area contributed by atoms with E-state index in [2.05, 4.69) is 38.0 Å². The predicted molar refractivity (Wildman–Crippen MR) is 134 cm³/mol. The second-order valence-corrected chi connectivity index (χ2v) is 8.38. The molecule has 5 rings (SSSR count). The Kier molecular flexibility index (Phi) is 6.51. The SMILES string of the molecule is CN(C)CCOc1cc2c(c3cnccc13)N(c1cccc(Cl)c1)Cc1cnccc1-2.Cl. The van der Waals surface area contributed by atoms with Gasteiger partial charge in [0.25, 0.3) is 0 Å². The summed E-state index contributed by atoms with van der Waals surface area (Å²) >= 11 is 6.34. The molecule has 32 heavy (non-hydrogen) atoms. The highest BCUT2D eigenvalue weighted by molar-refractivity contribution is 6.30. The number of rotatable bonds is 5. The van der Waals surface area contributed by atoms with Crippen molar-refractivity contribution in [3.8, 4) is 16.9 Å². The van der Waals surface area contributed by atoms with Crippen molar-refractivity contribution in [2.45, 2.75) is 6.54 Å². The van der Waals surface area contributed by atoms with Gasteiger partial charge in [-0.1, -0.05) is 17.7 Å². The van der Waals surface area contributed by atoms with Crippen molar-refractivity contribution < 1.29 is 4.74 Å². The van der Waals surface area contributed by atoms with Gasteiger partial charge in [-0.05, 0) is 61.6 Å². The fourth-order valence-electron chi connectivity index (χ4n) is 4.10. The highest BCUT2D eigenvalue weighted by Gasteiger charge is 2.27. The van der Waals surface area contributed by atoms with E-state index in [-0.39, 0.29) is 12.4 Å². The highest BCUT2D eigenvalue weighted by Crippen LogP contribution is 2.49. The van der Waals surface area contributed by atoms with E-state index in [0.717, 1.165) is 45.6 Å². The first-order valence-corrected chi connectivity index (χ1v) is 10.6. The van der Waals surface area contributed by atoms with E-state index in [1.165, 1.54) is 5.56 Å². The van der Waals surface area contributed by atoms with E-state index in [4.69, 9.17) is 16.3 Å². The molecule has 0 amide bonds. The lowest BCUT2D eigenvalue weighted by Gasteiger charge is -2.34. The molecule has 3 heterocycles. The minimum absolute atomic E-state index is 0. The van der Waals surface area contributed by atoms with Gasteiger partial charge in [-0.2, -0.15) is 0 Å². The zero-order chi connectivity index (χ0) is 21.4. The molecular formula is C25H24Cl2N4O. The molecule has 164 valence electrons. The van der Waals surface area contributed by atoms with Gasteiger partial charge in [0.15, 0.2) is 0 Å². The van der Waals surface area contributed by atoms with Crippen LogP contribution in [-0.4, -0.2) is 42.1 Å². The van der Waals surface area contributed by atoms with Crippen LogP contribution in [0.3, 0.4) is 0 Å². The maximum atomic E-state index is 6.34. The molecule has 0 unspecified atom stereocenters. The summed E-state index contributed by atoms with van der Waals surface area (Å²) in [6, 6.07) is 14.2. The standard InChI is InChI=1S/C25H23ClN4O.ClH/c1-29(2)10-11-31-24-13-22-20-6-8-27-14-17(20)16-30(19-5-3-4-18(26)12-19)25(22)23-15-28-9-7-21(23)24;/h3-9,12-15H,10-11,16H2,1-2H3;1H. The third-order valence-corrected chi connectivity index (χ3v) is 5.82. The molecular weight excluding hydrogens is 443 g/mol. The van der Waals surface area contributed by atoms with E-state index in [9.17, 15) is 0 Å². The van der Waals surface area contributed by atoms with Crippen molar-refractivity contribution >= 4 is 46.2 Å². The van der Waals surface area contributed by atoms with Crippen LogP contribution in [0.2, 0.25) is 5.02 Å². The Morgan fingerprint density at radius 2 is 1.81 bits per heavy atom. The minimum Gasteiger partial charge on any atom is -0.492 e. The van der Waals surface area contributed by atoms with Gasteiger partial charge in [0.05, 0.1) is 12.2 Å². The Bertz CT molecular complexity index is 1260. The van der Waals surface area contributed by atoms with Crippen molar-refractivity contribution in [3.05, 3.63) is 77.8 Å². The fraction of sp³-hybridized carbons (Fsp3) is 0.200. The largest absolute Gasteiger partial charge is 0.492 e. The van der Waals surface area contributed by atoms with Crippen LogP contribution in [0, 0.1) is 0 Å². The average Bonchev–Trinajstić information content (AvgIpc) is 2.78. The maximum absolute atomic E-state index is 6.34. The third kappa shape index (κ3) is 4.11. The van der Waals surface area contributed by atoms with Gasteiger partial charge in [-0.3, -0.25) is 9.97 Å². The number of likely N-dealkylation sites (N-methyl/N-ethyl adjacent to an activating group) is 1. The van der Waals surface area contributed by atoms with E-state index in [0.29, 0.717) is 18.2 Å². The van der Waals surface area contributed by atoms with Gasteiger partial charge >= 0.3 is 0 Å². The zero-order valence-electron chi connectivity index (χ0n) is 18.0. The Labute approximate surface area is 199 Å². The topological polar surface area (TPSA) is 41.5 Å². The first-order chi connectivity index (χ1) is 15.1. The second-order valence-electron chi connectivity index (χ2n) is 7.94. The number of hydrogen-bond donors (Lipinski definition) is 0. The molecule has 5 nitrogen and oxygen atoms in total. The van der Waals surface area contributed by atoms with Crippen LogP contribution in [0.15, 0.2) is 67.3 Å². The van der Waals surface area contributed by atoms with Gasteiger partial charge in [-0.15, -0.1) is 12.4 Å². The van der Waals surface area contributed by atoms with Gasteiger partial charge in [0.1, 0.15) is 12.4 Å². The maximum Gasteiger partial charge on any atom is 0.128 e. The quantitative estimate of drug-likeness (QED) is 0.362. The van der Waals surface area contributed by atoms with Crippen molar-refractivity contribution in [1.82, 2.24) is 14.9 Å². The van der Waals surface area contributed by atoms with E-state index in [1.54, 1.807) is 0 Å². The van der Waals surface area contributed by atoms with E-state index < -0.39 is 0 Å². The number of pyridine rings is 2. The zero-order valence-corrected chi connectivity index (χ0v) is 19.5. The Hall–Kier alpha value is -2.86. The number of ether oxygens (including phenoxy) is 1. The number of aromatic nitrogens is 2. The smallest absolute Gasteiger partial charge is 0.128 e. The summed E-state index contributed by atoms with van der Waals surface area (Å²) in [7, 11) is 4.09. The molecule has 0 aliphatic carbocycles. The summed E-state index contributed by atoms with van der Waals surface area (Å²) in [5.74, 6) is 0.869. The monoisotopic (exact) mass is 466 g/mol. The summed E-state index contributed by atoms with van der Waals surface area (Å²) in [4.78, 5) is 13.2. The number of anilines is 2. The number of fused-ring (bicyclic) bond motifs is 5. The van der Waals surface area contributed by atoms with Crippen molar-refractivity contribution in [3.63, 3.8) is 0 Å². The van der Waals surface area contributed by atoms with Crippen LogP contribution >= 0.6 is 24.0 Å². The lowest BCUT2D eigenvalue weighted by molar-refractivity contribution is 0.264. The van der Waals surface area contributed by atoms with Crippen LogP contribution in [-0.2, 0) is 6.54 Å². The molecule has 4 aromatic rings. The molecule has 0 radical (unpaired) electrons. The second kappa shape index (κ2) is 9.33. The Morgan fingerprint density at radius 3 is 2.62 bits per heavy atom. The van der Waals surface area contributed by atoms with Gasteiger partial charge in [0, 0.05) is 58.4 Å². The molecule has 0 bridgehead atoms. The summed E-state index contributed by atoms with van der Waals surface area (Å²) in [5, 5.41) is 2.82. The Morgan fingerprint density at radius 1 is 1.00 bits per heavy atom. The molecule has 0 spiro atoms. The number of benzene rings is 2. The van der Waals surface area contributed by atoms with Crippen LogP contribution in [0.25, 0.3) is 21.9 Å². The first-order valence-electron chi connectivity index (χ1n) is 10.3. The van der Waals surface area contributed by atoms with Crippen LogP contribution in [0.1, 0.15) is 5.56 Å². The van der Waals surface area contributed by atoms with Gasteiger partial charge in [-0.25, -0.2) is 0 Å². The number of halogens is 2. The summed E-state index contributed by atoms with van der Waals surface area (Å²) < 4.78 is 6.25. The number of nitrogens with zero attached hydrogens (tertiary/aromatic N) is 4. The molecule has 1 aliphatic heterocycles. The van der Waals surface area contributed by atoms with Gasteiger partial charge < -0.3 is 14.5 Å². The first kappa shape index (κ1) is 22.3. The van der Waals surface area contributed by atoms with Gasteiger partial charge in [0.2, 0.25) is 0 Å². The number of hydrogen-bond acceptors (Lipinski definition) is 5. The molecule has 0 saturated carbocycles. The normalized spacial score (nSPS) is 12.3. The minimum atomic E-state index is 0. The highest BCUT2D eigenvalue weighted by atomic mass is 35.5. The average molecular weight is 467 g/mol. The fourth-order valence-corrected chi connectivity index (χ4v) is 4.29. The van der Waals surface area contributed by atoms with Crippen LogP contribution in [0.5, 0.6) is 5.75 Å². The lowest BCUT2D eigenvalue weighted by atomic mass is 9.91. The molecule has 0 N–H and O–H groups in total. The van der Waals surface area contributed by atoms with Crippen molar-refractivity contribution in [1.29, 1.82) is 0 Å². The summed E-state index contributed by atoms with van der Waals surface area (Å²) in [6.07, 6.45) is 7.53. The molecule has 0 atom stereocenters. The molecule has 2 aromatic heterocycles. The lowest BCUT2D eigenvalue weighted by Crippen LogP contribution is -2.22. The van der Waals surface area contributed by atoms with Crippen LogP contribution < -0.4 is 9.64 Å². The summed E-state index contributed by atoms with van der Waals surface area (Å²) in [5.41, 5.74) is 5.60. The van der Waals surface area contributed by atoms with E-state index >= 15 is 0 Å². The predicted octanol–water partition coefficient (Wildman–Crippen LogP) is 5.96. The molecule has 7 heteroatoms. The van der Waals surface area contributed by atoms with Crippen molar-refractivity contribution in [2.24, 2.45) is 0 Å². The van der Waals surface area contributed by atoms with Crippen LogP contribution in [0.4, 0.5) is 11.4 Å². The molecule has 0 fully saturated rings. The summed E-state index contributed by atoms with van der Waals surface area (Å²) in [6.45, 7) is 2.17. The Balaban J connectivity index is 0.00000245.